The van der Waals surface area contributed by atoms with E-state index in [9.17, 15) is 18.0 Å². The van der Waals surface area contributed by atoms with Gasteiger partial charge in [-0.3, -0.25) is 0 Å². The van der Waals surface area contributed by atoms with E-state index in [0.29, 0.717) is 4.70 Å². The maximum Gasteiger partial charge on any atom is 0.346 e. The van der Waals surface area contributed by atoms with Crippen molar-refractivity contribution in [1.82, 2.24) is 5.32 Å². The van der Waals surface area contributed by atoms with Gasteiger partial charge in [-0.25, -0.2) is 18.0 Å². The fourth-order valence-corrected chi connectivity index (χ4v) is 3.01. The highest BCUT2D eigenvalue weighted by atomic mass is 32.1. The standard InChI is InChI=1S/C13H12F3NO3S/c14-8-2-1-3-9-10(8)7(11(21-9)12(19)20)4-17-5-13(15,16)6-18/h1-3,17-18H,4-6H2,(H,19,20). The first-order valence-electron chi connectivity index (χ1n) is 5.98. The Kier molecular flexibility index (Phi) is 4.50. The Morgan fingerprint density at radius 1 is 1.38 bits per heavy atom. The molecule has 8 heteroatoms. The number of alkyl halides is 2. The zero-order valence-electron chi connectivity index (χ0n) is 10.7. The summed E-state index contributed by atoms with van der Waals surface area (Å²) in [5.41, 5.74) is 0.134. The van der Waals surface area contributed by atoms with Gasteiger partial charge in [0.25, 0.3) is 5.92 Å². The van der Waals surface area contributed by atoms with Gasteiger partial charge in [0.1, 0.15) is 17.3 Å². The molecule has 4 nitrogen and oxygen atoms in total. The molecule has 0 bridgehead atoms. The largest absolute Gasteiger partial charge is 0.477 e. The summed E-state index contributed by atoms with van der Waals surface area (Å²) in [6.07, 6.45) is 0. The topological polar surface area (TPSA) is 69.6 Å². The van der Waals surface area contributed by atoms with Crippen LogP contribution in [0.5, 0.6) is 0 Å². The van der Waals surface area contributed by atoms with Crippen LogP contribution in [0.4, 0.5) is 13.2 Å². The van der Waals surface area contributed by atoms with E-state index in [1.807, 2.05) is 0 Å². The fraction of sp³-hybridized carbons (Fsp3) is 0.308. The molecule has 114 valence electrons. The van der Waals surface area contributed by atoms with E-state index in [0.717, 1.165) is 11.3 Å². The number of benzene rings is 1. The minimum Gasteiger partial charge on any atom is -0.477 e. The molecule has 2 aromatic rings. The number of thiophene rings is 1. The van der Waals surface area contributed by atoms with E-state index >= 15 is 0 Å². The molecule has 21 heavy (non-hydrogen) atoms. The summed E-state index contributed by atoms with van der Waals surface area (Å²) in [5.74, 6) is -5.14. The molecule has 3 N–H and O–H groups in total. The van der Waals surface area contributed by atoms with Gasteiger partial charge in [-0.1, -0.05) is 6.07 Å². The SMILES string of the molecule is O=C(O)c1sc2cccc(F)c2c1CNCC(F)(F)CO. The molecule has 1 aromatic heterocycles. The van der Waals surface area contributed by atoms with E-state index in [-0.39, 0.29) is 22.4 Å². The molecule has 2 rings (SSSR count). The molecular weight excluding hydrogens is 307 g/mol. The van der Waals surface area contributed by atoms with Gasteiger partial charge in [0.05, 0.1) is 6.54 Å². The van der Waals surface area contributed by atoms with Crippen LogP contribution in [0.1, 0.15) is 15.2 Å². The number of fused-ring (bicyclic) bond motifs is 1. The smallest absolute Gasteiger partial charge is 0.346 e. The summed E-state index contributed by atoms with van der Waals surface area (Å²) < 4.78 is 40.2. The van der Waals surface area contributed by atoms with Crippen molar-refractivity contribution in [1.29, 1.82) is 0 Å². The van der Waals surface area contributed by atoms with Gasteiger partial charge in [0.2, 0.25) is 0 Å². The lowest BCUT2D eigenvalue weighted by Crippen LogP contribution is -2.35. The number of carboxylic acid groups (broad SMARTS) is 1. The molecule has 0 amide bonds. The molecule has 0 spiro atoms. The number of rotatable bonds is 6. The number of carboxylic acids is 1. The van der Waals surface area contributed by atoms with Crippen LogP contribution in [0.15, 0.2) is 18.2 Å². The highest BCUT2D eigenvalue weighted by Gasteiger charge is 2.28. The highest BCUT2D eigenvalue weighted by Crippen LogP contribution is 2.33. The first-order chi connectivity index (χ1) is 9.85. The lowest BCUT2D eigenvalue weighted by molar-refractivity contribution is -0.0477. The second kappa shape index (κ2) is 6.00. The third-order valence-electron chi connectivity index (χ3n) is 2.87. The minimum atomic E-state index is -3.31. The van der Waals surface area contributed by atoms with Crippen LogP contribution < -0.4 is 5.32 Å². The van der Waals surface area contributed by atoms with Gasteiger partial charge < -0.3 is 15.5 Å². The molecule has 0 aliphatic rings. The third kappa shape index (κ3) is 3.34. The van der Waals surface area contributed by atoms with Gasteiger partial charge in [-0.2, -0.15) is 0 Å². The molecule has 0 aliphatic heterocycles. The number of aromatic carboxylic acids is 1. The number of hydrogen-bond acceptors (Lipinski definition) is 4. The second-order valence-electron chi connectivity index (χ2n) is 4.45. The van der Waals surface area contributed by atoms with Gasteiger partial charge in [-0.15, -0.1) is 11.3 Å². The zero-order valence-corrected chi connectivity index (χ0v) is 11.5. The van der Waals surface area contributed by atoms with Crippen LogP contribution in [-0.4, -0.2) is 35.3 Å². The van der Waals surface area contributed by atoms with Gasteiger partial charge in [0.15, 0.2) is 0 Å². The molecule has 1 aromatic carbocycles. The van der Waals surface area contributed by atoms with E-state index in [1.54, 1.807) is 6.07 Å². The Morgan fingerprint density at radius 3 is 2.71 bits per heavy atom. The van der Waals surface area contributed by atoms with Crippen LogP contribution in [0, 0.1) is 5.82 Å². The minimum absolute atomic E-state index is 0.0880. The van der Waals surface area contributed by atoms with Crippen molar-refractivity contribution < 1.29 is 28.2 Å². The van der Waals surface area contributed by atoms with Crippen molar-refractivity contribution in [2.24, 2.45) is 0 Å². The van der Waals surface area contributed by atoms with E-state index in [4.69, 9.17) is 10.2 Å². The van der Waals surface area contributed by atoms with E-state index < -0.39 is 30.9 Å². The maximum atomic E-state index is 13.8. The number of nitrogens with one attached hydrogen (secondary N) is 1. The summed E-state index contributed by atoms with van der Waals surface area (Å²) in [5, 5.41) is 20.1. The molecule has 0 fully saturated rings. The third-order valence-corrected chi connectivity index (χ3v) is 4.06. The molecule has 0 aliphatic carbocycles. The average Bonchev–Trinajstić information content (AvgIpc) is 2.79. The molecule has 1 heterocycles. The van der Waals surface area contributed by atoms with Gasteiger partial charge >= 0.3 is 5.97 Å². The molecule has 0 unspecified atom stereocenters. The normalized spacial score (nSPS) is 12.0. The predicted molar refractivity (Wildman–Crippen MR) is 72.5 cm³/mol. The lowest BCUT2D eigenvalue weighted by Gasteiger charge is -2.14. The molecule has 0 radical (unpaired) electrons. The van der Waals surface area contributed by atoms with Crippen LogP contribution in [0.2, 0.25) is 0 Å². The average molecular weight is 319 g/mol. The molecule has 0 saturated heterocycles. The van der Waals surface area contributed by atoms with Crippen LogP contribution >= 0.6 is 11.3 Å². The summed E-state index contributed by atoms with van der Waals surface area (Å²) in [7, 11) is 0. The Balaban J connectivity index is 2.33. The van der Waals surface area contributed by atoms with Crippen molar-refractivity contribution in [3.63, 3.8) is 0 Å². The maximum absolute atomic E-state index is 13.8. The van der Waals surface area contributed by atoms with Crippen LogP contribution in [0.3, 0.4) is 0 Å². The molecule has 0 saturated carbocycles. The highest BCUT2D eigenvalue weighted by molar-refractivity contribution is 7.21. The van der Waals surface area contributed by atoms with Gasteiger partial charge in [0, 0.05) is 22.2 Å². The lowest BCUT2D eigenvalue weighted by atomic mass is 10.1. The molecule has 0 atom stereocenters. The Bertz CT molecular complexity index is 672. The first kappa shape index (κ1) is 15.7. The molecular formula is C13H12F3NO3S. The van der Waals surface area contributed by atoms with Crippen LogP contribution in [-0.2, 0) is 6.54 Å². The Morgan fingerprint density at radius 2 is 2.10 bits per heavy atom. The van der Waals surface area contributed by atoms with E-state index in [1.165, 1.54) is 12.1 Å². The fourth-order valence-electron chi connectivity index (χ4n) is 1.94. The van der Waals surface area contributed by atoms with Crippen LogP contribution in [0.25, 0.3) is 10.1 Å². The monoisotopic (exact) mass is 319 g/mol. The van der Waals surface area contributed by atoms with Gasteiger partial charge in [-0.05, 0) is 12.1 Å². The number of aliphatic hydroxyl groups is 1. The van der Waals surface area contributed by atoms with Crippen molar-refractivity contribution >= 4 is 27.4 Å². The summed E-state index contributed by atoms with van der Waals surface area (Å²) >= 11 is 0.893. The number of carbonyl (C=O) groups is 1. The second-order valence-corrected chi connectivity index (χ2v) is 5.50. The van der Waals surface area contributed by atoms with Crippen molar-refractivity contribution in [3.8, 4) is 0 Å². The summed E-state index contributed by atoms with van der Waals surface area (Å²) in [6.45, 7) is -2.36. The van der Waals surface area contributed by atoms with Crippen molar-refractivity contribution in [3.05, 3.63) is 34.5 Å². The Labute approximate surface area is 121 Å². The zero-order chi connectivity index (χ0) is 15.6. The van der Waals surface area contributed by atoms with E-state index in [2.05, 4.69) is 5.32 Å². The number of aliphatic hydroxyl groups excluding tert-OH is 1. The summed E-state index contributed by atoms with van der Waals surface area (Å²) in [4.78, 5) is 11.1. The number of halogens is 3. The first-order valence-corrected chi connectivity index (χ1v) is 6.80. The summed E-state index contributed by atoms with van der Waals surface area (Å²) in [6, 6.07) is 4.21. The quantitative estimate of drug-likeness (QED) is 0.765. The Hall–Kier alpha value is -1.64. The predicted octanol–water partition coefficient (Wildman–Crippen LogP) is 2.46. The van der Waals surface area contributed by atoms with Crippen molar-refractivity contribution in [2.75, 3.05) is 13.2 Å². The van der Waals surface area contributed by atoms with Crippen molar-refractivity contribution in [2.45, 2.75) is 12.5 Å². The number of hydrogen-bond donors (Lipinski definition) is 3.